The number of nitrogens with zero attached hydrogens (tertiary/aromatic N) is 6. The fourth-order valence-electron chi connectivity index (χ4n) is 4.02. The van der Waals surface area contributed by atoms with Gasteiger partial charge in [-0.25, -0.2) is 4.68 Å². The molecule has 1 aromatic rings. The number of tetrazole rings is 1. The molecule has 26 heavy (non-hydrogen) atoms. The maximum atomic E-state index is 12.7. The molecular weight excluding hydrogens is 349 g/mol. The van der Waals surface area contributed by atoms with Crippen molar-refractivity contribution >= 4 is 7.14 Å². The van der Waals surface area contributed by atoms with Crippen LogP contribution in [0.15, 0.2) is 10.2 Å². The van der Waals surface area contributed by atoms with Crippen molar-refractivity contribution in [2.45, 2.75) is 61.8 Å². The maximum Gasteiger partial charge on any atom is 0.193 e. The predicted molar refractivity (Wildman–Crippen MR) is 100 cm³/mol. The van der Waals surface area contributed by atoms with E-state index >= 15 is 0 Å². The van der Waals surface area contributed by atoms with Gasteiger partial charge in [-0.2, -0.15) is 10.2 Å². The molecule has 1 aliphatic carbocycles. The fraction of sp³-hybridized carbons (Fsp3) is 0.824. The third kappa shape index (κ3) is 4.05. The molecule has 3 rings (SSSR count). The summed E-state index contributed by atoms with van der Waals surface area (Å²) >= 11 is 0. The lowest BCUT2D eigenvalue weighted by Gasteiger charge is -2.41. The second-order valence-corrected chi connectivity index (χ2v) is 11.6. The molecule has 0 spiro atoms. The number of rotatable bonds is 8. The van der Waals surface area contributed by atoms with Crippen molar-refractivity contribution in [3.05, 3.63) is 5.82 Å². The lowest BCUT2D eigenvalue weighted by atomic mass is 9.80. The second kappa shape index (κ2) is 7.21. The molecule has 0 aromatic carbocycles. The summed E-state index contributed by atoms with van der Waals surface area (Å²) in [5.41, 5.74) is -0.478. The molecule has 1 saturated carbocycles. The number of terminal acetylenes is 1. The lowest BCUT2D eigenvalue weighted by molar-refractivity contribution is 0.210. The number of hydrogen-bond donors (Lipinski definition) is 1. The molecule has 2 unspecified atom stereocenters. The minimum Gasteiger partial charge on any atom is -0.324 e. The smallest absolute Gasteiger partial charge is 0.193 e. The van der Waals surface area contributed by atoms with E-state index in [0.29, 0.717) is 6.42 Å². The zero-order chi connectivity index (χ0) is 18.8. The van der Waals surface area contributed by atoms with E-state index in [4.69, 9.17) is 6.42 Å². The first-order valence-electron chi connectivity index (χ1n) is 9.20. The van der Waals surface area contributed by atoms with Gasteiger partial charge in [-0.15, -0.1) is 17.4 Å². The highest BCUT2D eigenvalue weighted by molar-refractivity contribution is 7.63. The SMILES string of the molecule is C#CCCC1(CCNC2(c3nnnn3C)CCCC(P(C)(C)=O)C2)N=N1. The Balaban J connectivity index is 1.74. The van der Waals surface area contributed by atoms with E-state index in [1.54, 1.807) is 4.68 Å². The zero-order valence-electron chi connectivity index (χ0n) is 15.9. The summed E-state index contributed by atoms with van der Waals surface area (Å²) in [6, 6.07) is 0. The summed E-state index contributed by atoms with van der Waals surface area (Å²) in [5, 5.41) is 24.3. The molecule has 1 aromatic heterocycles. The van der Waals surface area contributed by atoms with E-state index < -0.39 is 7.14 Å². The molecule has 0 bridgehead atoms. The molecule has 0 amide bonds. The van der Waals surface area contributed by atoms with Crippen molar-refractivity contribution in [3.63, 3.8) is 0 Å². The van der Waals surface area contributed by atoms with Crippen molar-refractivity contribution in [3.8, 4) is 12.3 Å². The van der Waals surface area contributed by atoms with Gasteiger partial charge in [0.2, 0.25) is 0 Å². The molecule has 1 aliphatic heterocycles. The average molecular weight is 377 g/mol. The van der Waals surface area contributed by atoms with E-state index in [2.05, 4.69) is 37.0 Å². The first-order valence-corrected chi connectivity index (χ1v) is 11.9. The Morgan fingerprint density at radius 1 is 1.38 bits per heavy atom. The molecule has 142 valence electrons. The third-order valence-electron chi connectivity index (χ3n) is 5.69. The summed E-state index contributed by atoms with van der Waals surface area (Å²) < 4.78 is 14.5. The standard InChI is InChI=1S/C17H28N7OP/c1-5-6-10-17(20-21-17)11-12-18-16(15-19-22-23-24(15)2)9-7-8-14(13-16)26(3,4)25/h1,14,18H,6-13H2,2-4H3. The molecule has 0 saturated heterocycles. The monoisotopic (exact) mass is 377 g/mol. The van der Waals surface area contributed by atoms with Crippen LogP contribution in [-0.2, 0) is 17.2 Å². The van der Waals surface area contributed by atoms with E-state index in [1.807, 2.05) is 20.4 Å². The van der Waals surface area contributed by atoms with Crippen LogP contribution in [0.3, 0.4) is 0 Å². The zero-order valence-corrected chi connectivity index (χ0v) is 16.7. The quantitative estimate of drug-likeness (QED) is 0.555. The predicted octanol–water partition coefficient (Wildman–Crippen LogP) is 2.53. The van der Waals surface area contributed by atoms with Crippen LogP contribution in [0.1, 0.15) is 50.8 Å². The summed E-state index contributed by atoms with van der Waals surface area (Å²) in [4.78, 5) is 0. The van der Waals surface area contributed by atoms with Crippen LogP contribution in [0.2, 0.25) is 0 Å². The van der Waals surface area contributed by atoms with Gasteiger partial charge in [-0.1, -0.05) is 6.42 Å². The number of hydrogen-bond acceptors (Lipinski definition) is 7. The number of nitrogens with one attached hydrogen (secondary N) is 1. The van der Waals surface area contributed by atoms with Gasteiger partial charge in [0.15, 0.2) is 11.5 Å². The summed E-state index contributed by atoms with van der Waals surface area (Å²) in [7, 11) is -0.321. The van der Waals surface area contributed by atoms with Gasteiger partial charge in [-0.3, -0.25) is 0 Å². The second-order valence-electron chi connectivity index (χ2n) is 7.96. The minimum atomic E-state index is -2.18. The van der Waals surface area contributed by atoms with Crippen molar-refractivity contribution in [1.82, 2.24) is 25.5 Å². The van der Waals surface area contributed by atoms with Crippen LogP contribution in [0.25, 0.3) is 0 Å². The van der Waals surface area contributed by atoms with Gasteiger partial charge >= 0.3 is 0 Å². The molecule has 2 aliphatic rings. The van der Waals surface area contributed by atoms with Gasteiger partial charge in [0.25, 0.3) is 0 Å². The average Bonchev–Trinajstić information content (AvgIpc) is 3.22. The van der Waals surface area contributed by atoms with E-state index in [9.17, 15) is 4.57 Å². The summed E-state index contributed by atoms with van der Waals surface area (Å²) in [6.07, 6.45) is 11.4. The van der Waals surface area contributed by atoms with Crippen molar-refractivity contribution in [1.29, 1.82) is 0 Å². The topological polar surface area (TPSA) is 97.4 Å². The highest BCUT2D eigenvalue weighted by atomic mass is 31.2. The Morgan fingerprint density at radius 3 is 2.73 bits per heavy atom. The van der Waals surface area contributed by atoms with E-state index in [0.717, 1.165) is 50.9 Å². The summed E-state index contributed by atoms with van der Waals surface area (Å²) in [6.45, 7) is 4.52. The molecule has 1 fully saturated rings. The van der Waals surface area contributed by atoms with Gasteiger partial charge in [0.05, 0.1) is 12.7 Å². The first-order chi connectivity index (χ1) is 12.3. The Hall–Kier alpha value is -1.58. The van der Waals surface area contributed by atoms with Crippen LogP contribution in [0, 0.1) is 12.3 Å². The van der Waals surface area contributed by atoms with Gasteiger partial charge in [0.1, 0.15) is 0 Å². The number of aromatic nitrogens is 4. The van der Waals surface area contributed by atoms with Crippen LogP contribution in [0.4, 0.5) is 0 Å². The first kappa shape index (κ1) is 19.2. The van der Waals surface area contributed by atoms with Crippen molar-refractivity contribution in [2.24, 2.45) is 17.3 Å². The summed E-state index contributed by atoms with van der Waals surface area (Å²) in [5.74, 6) is 3.48. The highest BCUT2D eigenvalue weighted by Gasteiger charge is 2.45. The van der Waals surface area contributed by atoms with Crippen LogP contribution in [-0.4, -0.2) is 51.4 Å². The van der Waals surface area contributed by atoms with Crippen LogP contribution in [0.5, 0.6) is 0 Å². The van der Waals surface area contributed by atoms with E-state index in [-0.39, 0.29) is 16.9 Å². The van der Waals surface area contributed by atoms with Gasteiger partial charge < -0.3 is 9.88 Å². The Kier molecular flexibility index (Phi) is 5.32. The molecule has 1 N–H and O–H groups in total. The Labute approximate surface area is 155 Å². The highest BCUT2D eigenvalue weighted by Crippen LogP contribution is 2.53. The molecule has 2 heterocycles. The van der Waals surface area contributed by atoms with Gasteiger partial charge in [-0.05, 0) is 43.0 Å². The van der Waals surface area contributed by atoms with Crippen molar-refractivity contribution in [2.75, 3.05) is 19.9 Å². The third-order valence-corrected chi connectivity index (χ3v) is 7.89. The molecule has 2 atom stereocenters. The molecule has 0 radical (unpaired) electrons. The molecular formula is C17H28N7OP. The minimum absolute atomic E-state index is 0.186. The largest absolute Gasteiger partial charge is 0.324 e. The van der Waals surface area contributed by atoms with Crippen LogP contribution >= 0.6 is 7.14 Å². The van der Waals surface area contributed by atoms with E-state index in [1.165, 1.54) is 0 Å². The normalized spacial score (nSPS) is 27.2. The maximum absolute atomic E-state index is 12.7. The molecule has 8 nitrogen and oxygen atoms in total. The fourth-order valence-corrected chi connectivity index (χ4v) is 5.58. The number of aryl methyl sites for hydroxylation is 1. The lowest BCUT2D eigenvalue weighted by Crippen LogP contribution is -2.50. The van der Waals surface area contributed by atoms with Gasteiger partial charge in [0, 0.05) is 38.5 Å². The van der Waals surface area contributed by atoms with Crippen LogP contribution < -0.4 is 5.32 Å². The Bertz CT molecular complexity index is 755. The molecule has 9 heteroatoms. The van der Waals surface area contributed by atoms with Crippen molar-refractivity contribution < 1.29 is 4.57 Å². The Morgan fingerprint density at radius 2 is 2.15 bits per heavy atom.